The van der Waals surface area contributed by atoms with Gasteiger partial charge in [-0.2, -0.15) is 4.98 Å². The summed E-state index contributed by atoms with van der Waals surface area (Å²) >= 11 is 5.91. The zero-order valence-corrected chi connectivity index (χ0v) is 12.5. The summed E-state index contributed by atoms with van der Waals surface area (Å²) < 4.78 is 5.09. The third kappa shape index (κ3) is 3.64. The van der Waals surface area contributed by atoms with Gasteiger partial charge in [0.15, 0.2) is 0 Å². The van der Waals surface area contributed by atoms with E-state index in [1.807, 2.05) is 0 Å². The van der Waals surface area contributed by atoms with Crippen LogP contribution in [0.2, 0.25) is 5.02 Å². The standard InChI is InChI=1S/C15H11ClN4O3/c16-11-3-1-2-9(6-11)14-19-13(23-20-14)8-18-15(22)10-4-5-12(21)17-7-10/h1-7H,8H2,(H,17,21)(H,18,22). The maximum atomic E-state index is 11.9. The number of carbonyl (C=O) groups excluding carboxylic acids is 1. The number of aromatic amines is 1. The minimum absolute atomic E-state index is 0.0749. The van der Waals surface area contributed by atoms with Crippen LogP contribution in [0.1, 0.15) is 16.2 Å². The zero-order chi connectivity index (χ0) is 16.2. The lowest BCUT2D eigenvalue weighted by Crippen LogP contribution is -2.23. The van der Waals surface area contributed by atoms with Crippen LogP contribution < -0.4 is 10.9 Å². The quantitative estimate of drug-likeness (QED) is 0.762. The molecule has 8 heteroatoms. The van der Waals surface area contributed by atoms with Crippen molar-refractivity contribution >= 4 is 17.5 Å². The molecule has 0 saturated heterocycles. The summed E-state index contributed by atoms with van der Waals surface area (Å²) in [6.45, 7) is 0.0749. The van der Waals surface area contributed by atoms with Crippen LogP contribution in [-0.2, 0) is 6.54 Å². The van der Waals surface area contributed by atoms with Gasteiger partial charge >= 0.3 is 0 Å². The molecule has 0 aliphatic heterocycles. The number of amides is 1. The molecule has 3 rings (SSSR count). The SMILES string of the molecule is O=C(NCc1nc(-c2cccc(Cl)c2)no1)c1ccc(=O)[nH]c1. The predicted octanol–water partition coefficient (Wildman–Crippen LogP) is 2.01. The third-order valence-electron chi connectivity index (χ3n) is 3.00. The Kier molecular flexibility index (Phi) is 4.20. The first-order valence-electron chi connectivity index (χ1n) is 6.67. The van der Waals surface area contributed by atoms with Crippen LogP contribution in [0.15, 0.2) is 51.9 Å². The van der Waals surface area contributed by atoms with E-state index < -0.39 is 0 Å². The molecule has 0 saturated carbocycles. The number of carbonyl (C=O) groups is 1. The first-order chi connectivity index (χ1) is 11.1. The number of hydrogen-bond acceptors (Lipinski definition) is 5. The van der Waals surface area contributed by atoms with Crippen molar-refractivity contribution < 1.29 is 9.32 Å². The first-order valence-corrected chi connectivity index (χ1v) is 7.05. The maximum absolute atomic E-state index is 11.9. The lowest BCUT2D eigenvalue weighted by molar-refractivity contribution is 0.0946. The fourth-order valence-corrected chi connectivity index (χ4v) is 2.07. The van der Waals surface area contributed by atoms with Crippen molar-refractivity contribution in [2.24, 2.45) is 0 Å². The van der Waals surface area contributed by atoms with Gasteiger partial charge in [0.2, 0.25) is 17.3 Å². The molecule has 23 heavy (non-hydrogen) atoms. The number of nitrogens with zero attached hydrogens (tertiary/aromatic N) is 2. The highest BCUT2D eigenvalue weighted by Crippen LogP contribution is 2.19. The van der Waals surface area contributed by atoms with Crippen LogP contribution in [0.5, 0.6) is 0 Å². The third-order valence-corrected chi connectivity index (χ3v) is 3.23. The average molecular weight is 331 g/mol. The number of halogens is 1. The molecular formula is C15H11ClN4O3. The zero-order valence-electron chi connectivity index (χ0n) is 11.7. The summed E-state index contributed by atoms with van der Waals surface area (Å²) in [5.41, 5.74) is 0.781. The number of nitrogens with one attached hydrogen (secondary N) is 2. The molecule has 0 spiro atoms. The van der Waals surface area contributed by atoms with Crippen molar-refractivity contribution in [1.82, 2.24) is 20.4 Å². The number of rotatable bonds is 4. The Morgan fingerprint density at radius 3 is 2.91 bits per heavy atom. The number of pyridine rings is 1. The second-order valence-corrected chi connectivity index (χ2v) is 5.08. The monoisotopic (exact) mass is 330 g/mol. The lowest BCUT2D eigenvalue weighted by atomic mass is 10.2. The van der Waals surface area contributed by atoms with E-state index in [0.29, 0.717) is 16.4 Å². The summed E-state index contributed by atoms with van der Waals surface area (Å²) in [4.78, 5) is 29.5. The predicted molar refractivity (Wildman–Crippen MR) is 83.0 cm³/mol. The van der Waals surface area contributed by atoms with Gasteiger partial charge in [0.05, 0.1) is 12.1 Å². The summed E-state index contributed by atoms with van der Waals surface area (Å²) in [6.07, 6.45) is 1.34. The van der Waals surface area contributed by atoms with Crippen molar-refractivity contribution in [1.29, 1.82) is 0 Å². The number of aromatic nitrogens is 3. The Bertz CT molecular complexity index is 883. The van der Waals surface area contributed by atoms with E-state index in [0.717, 1.165) is 5.56 Å². The maximum Gasteiger partial charge on any atom is 0.253 e. The van der Waals surface area contributed by atoms with Gasteiger partial charge in [-0.1, -0.05) is 28.9 Å². The molecule has 0 aliphatic rings. The molecule has 7 nitrogen and oxygen atoms in total. The largest absolute Gasteiger partial charge is 0.343 e. The van der Waals surface area contributed by atoms with Gasteiger partial charge in [-0.05, 0) is 18.2 Å². The topological polar surface area (TPSA) is 101 Å². The highest BCUT2D eigenvalue weighted by molar-refractivity contribution is 6.30. The molecule has 0 radical (unpaired) electrons. The molecule has 0 aliphatic carbocycles. The molecule has 2 N–H and O–H groups in total. The van der Waals surface area contributed by atoms with Crippen molar-refractivity contribution in [3.05, 3.63) is 69.4 Å². The molecule has 116 valence electrons. The summed E-state index contributed by atoms with van der Waals surface area (Å²) in [5, 5.41) is 7.04. The summed E-state index contributed by atoms with van der Waals surface area (Å²) in [7, 11) is 0. The fraction of sp³-hybridized carbons (Fsp3) is 0.0667. The number of H-pyrrole nitrogens is 1. The van der Waals surface area contributed by atoms with Gasteiger partial charge in [-0.3, -0.25) is 9.59 Å². The van der Waals surface area contributed by atoms with E-state index in [2.05, 4.69) is 20.4 Å². The molecule has 3 aromatic rings. The Balaban J connectivity index is 1.66. The molecule has 2 aromatic heterocycles. The fourth-order valence-electron chi connectivity index (χ4n) is 1.88. The molecule has 0 unspecified atom stereocenters. The van der Waals surface area contributed by atoms with Gasteiger partial charge in [-0.25, -0.2) is 0 Å². The van der Waals surface area contributed by atoms with Crippen LogP contribution in [0.4, 0.5) is 0 Å². The van der Waals surface area contributed by atoms with Crippen LogP contribution >= 0.6 is 11.6 Å². The number of benzene rings is 1. The van der Waals surface area contributed by atoms with Crippen molar-refractivity contribution in [3.63, 3.8) is 0 Å². The molecule has 2 heterocycles. The minimum Gasteiger partial charge on any atom is -0.343 e. The Morgan fingerprint density at radius 1 is 1.30 bits per heavy atom. The van der Waals surface area contributed by atoms with Gasteiger partial charge < -0.3 is 14.8 Å². The van der Waals surface area contributed by atoms with Crippen LogP contribution in [0.3, 0.4) is 0 Å². The van der Waals surface area contributed by atoms with E-state index in [1.54, 1.807) is 24.3 Å². The average Bonchev–Trinajstić information content (AvgIpc) is 3.02. The summed E-state index contributed by atoms with van der Waals surface area (Å²) in [6, 6.07) is 9.76. The first kappa shape index (κ1) is 15.0. The Morgan fingerprint density at radius 2 is 2.17 bits per heavy atom. The van der Waals surface area contributed by atoms with Crippen LogP contribution in [0.25, 0.3) is 11.4 Å². The van der Waals surface area contributed by atoms with Crippen molar-refractivity contribution in [2.75, 3.05) is 0 Å². The smallest absolute Gasteiger partial charge is 0.253 e. The van der Waals surface area contributed by atoms with Gasteiger partial charge in [0.1, 0.15) is 0 Å². The summed E-state index contributed by atoms with van der Waals surface area (Å²) in [5.74, 6) is 0.294. The van der Waals surface area contributed by atoms with Crippen molar-refractivity contribution in [2.45, 2.75) is 6.54 Å². The van der Waals surface area contributed by atoms with E-state index >= 15 is 0 Å². The van der Waals surface area contributed by atoms with Gasteiger partial charge in [-0.15, -0.1) is 0 Å². The van der Waals surface area contributed by atoms with Gasteiger partial charge in [0, 0.05) is 22.8 Å². The molecule has 0 atom stereocenters. The second-order valence-electron chi connectivity index (χ2n) is 4.65. The van der Waals surface area contributed by atoms with Crippen molar-refractivity contribution in [3.8, 4) is 11.4 Å². The Hall–Kier alpha value is -2.93. The normalized spacial score (nSPS) is 10.5. The van der Waals surface area contributed by atoms with E-state index in [1.165, 1.54) is 18.3 Å². The highest BCUT2D eigenvalue weighted by atomic mass is 35.5. The molecule has 0 fully saturated rings. The highest BCUT2D eigenvalue weighted by Gasteiger charge is 2.11. The second kappa shape index (κ2) is 6.45. The number of hydrogen-bond donors (Lipinski definition) is 2. The Labute approximate surface area is 135 Å². The minimum atomic E-state index is -0.358. The van der Waals surface area contributed by atoms with E-state index in [9.17, 15) is 9.59 Å². The molecular weight excluding hydrogens is 320 g/mol. The van der Waals surface area contributed by atoms with E-state index in [-0.39, 0.29) is 23.9 Å². The van der Waals surface area contributed by atoms with Crippen LogP contribution in [0, 0.1) is 0 Å². The molecule has 1 aromatic carbocycles. The molecule has 1 amide bonds. The van der Waals surface area contributed by atoms with Crippen LogP contribution in [-0.4, -0.2) is 21.0 Å². The lowest BCUT2D eigenvalue weighted by Gasteiger charge is -2.01. The van der Waals surface area contributed by atoms with Gasteiger partial charge in [0.25, 0.3) is 5.91 Å². The van der Waals surface area contributed by atoms with E-state index in [4.69, 9.17) is 16.1 Å². The molecule has 0 bridgehead atoms.